The number of carbonyl (C=O) groups excluding carboxylic acids is 2. The average Bonchev–Trinajstić information content (AvgIpc) is 2.67. The fraction of sp³-hybridized carbons (Fsp3) is 0.579. The molecule has 2 aliphatic rings. The van der Waals surface area contributed by atoms with Gasteiger partial charge >= 0.3 is 0 Å². The molecule has 8 heteroatoms. The molecule has 0 unspecified atom stereocenters. The van der Waals surface area contributed by atoms with Gasteiger partial charge in [0, 0.05) is 18.2 Å². The van der Waals surface area contributed by atoms with E-state index in [1.165, 1.54) is 10.7 Å². The molecule has 1 saturated carbocycles. The Balaban J connectivity index is 1.52. The predicted molar refractivity (Wildman–Crippen MR) is 104 cm³/mol. The van der Waals surface area contributed by atoms with Crippen LogP contribution in [0.4, 0.5) is 5.69 Å². The Morgan fingerprint density at radius 2 is 1.70 bits per heavy atom. The van der Waals surface area contributed by atoms with Crippen LogP contribution in [0.2, 0.25) is 0 Å². The molecule has 0 bridgehead atoms. The standard InChI is InChI=1S/C19H27N3O4S/c23-18(21-16-6-2-1-3-7-16)14-20-19(24)15-8-10-17(11-9-15)22-12-4-5-13-27(22,25)26/h8-11,16H,1-7,12-14H2,(H,20,24)(H,21,23). The lowest BCUT2D eigenvalue weighted by Gasteiger charge is -2.28. The highest BCUT2D eigenvalue weighted by Gasteiger charge is 2.26. The molecule has 0 radical (unpaired) electrons. The summed E-state index contributed by atoms with van der Waals surface area (Å²) in [4.78, 5) is 24.2. The molecule has 1 aromatic carbocycles. The van der Waals surface area contributed by atoms with Gasteiger partial charge in [-0.25, -0.2) is 8.42 Å². The highest BCUT2D eigenvalue weighted by molar-refractivity contribution is 7.92. The van der Waals surface area contributed by atoms with Crippen molar-refractivity contribution in [3.8, 4) is 0 Å². The van der Waals surface area contributed by atoms with Crippen LogP contribution >= 0.6 is 0 Å². The third-order valence-electron chi connectivity index (χ3n) is 5.15. The topological polar surface area (TPSA) is 95.6 Å². The fourth-order valence-corrected chi connectivity index (χ4v) is 5.29. The number of sulfonamides is 1. The monoisotopic (exact) mass is 393 g/mol. The third-order valence-corrected chi connectivity index (χ3v) is 7.02. The molecule has 0 spiro atoms. The first-order valence-electron chi connectivity index (χ1n) is 9.64. The van der Waals surface area contributed by atoms with Gasteiger partial charge in [0.05, 0.1) is 18.0 Å². The lowest BCUT2D eigenvalue weighted by molar-refractivity contribution is -0.121. The zero-order valence-corrected chi connectivity index (χ0v) is 16.3. The number of carbonyl (C=O) groups is 2. The Bertz CT molecular complexity index is 771. The molecule has 2 fully saturated rings. The van der Waals surface area contributed by atoms with Gasteiger partial charge in [0.2, 0.25) is 15.9 Å². The first-order valence-corrected chi connectivity index (χ1v) is 11.2. The van der Waals surface area contributed by atoms with Crippen molar-refractivity contribution in [1.82, 2.24) is 10.6 Å². The molecule has 3 rings (SSSR count). The summed E-state index contributed by atoms with van der Waals surface area (Å²) in [6.45, 7) is 0.410. The Labute approximate surface area is 160 Å². The molecule has 1 aliphatic heterocycles. The van der Waals surface area contributed by atoms with Crippen LogP contribution in [0.5, 0.6) is 0 Å². The van der Waals surface area contributed by atoms with Crippen molar-refractivity contribution in [2.75, 3.05) is 23.1 Å². The van der Waals surface area contributed by atoms with Crippen molar-refractivity contribution in [2.24, 2.45) is 0 Å². The van der Waals surface area contributed by atoms with Crippen molar-refractivity contribution >= 4 is 27.5 Å². The molecule has 1 heterocycles. The van der Waals surface area contributed by atoms with E-state index >= 15 is 0 Å². The lowest BCUT2D eigenvalue weighted by atomic mass is 9.95. The van der Waals surface area contributed by atoms with E-state index in [9.17, 15) is 18.0 Å². The minimum Gasteiger partial charge on any atom is -0.352 e. The van der Waals surface area contributed by atoms with Crippen LogP contribution in [0.3, 0.4) is 0 Å². The van der Waals surface area contributed by atoms with Gasteiger partial charge in [0.1, 0.15) is 0 Å². The molecule has 148 valence electrons. The van der Waals surface area contributed by atoms with E-state index < -0.39 is 10.0 Å². The van der Waals surface area contributed by atoms with Crippen LogP contribution < -0.4 is 14.9 Å². The first-order chi connectivity index (χ1) is 13.0. The summed E-state index contributed by atoms with van der Waals surface area (Å²) in [5, 5.41) is 5.58. The summed E-state index contributed by atoms with van der Waals surface area (Å²) in [5.41, 5.74) is 0.972. The van der Waals surface area contributed by atoms with Crippen LogP contribution in [0.1, 0.15) is 55.3 Å². The number of anilines is 1. The summed E-state index contributed by atoms with van der Waals surface area (Å²) < 4.78 is 25.7. The summed E-state index contributed by atoms with van der Waals surface area (Å²) in [7, 11) is -3.27. The normalized spacial score (nSPS) is 20.1. The van der Waals surface area contributed by atoms with Gasteiger partial charge in [0.15, 0.2) is 0 Å². The van der Waals surface area contributed by atoms with Crippen LogP contribution in [0.15, 0.2) is 24.3 Å². The van der Waals surface area contributed by atoms with E-state index in [-0.39, 0.29) is 30.2 Å². The van der Waals surface area contributed by atoms with Gasteiger partial charge in [-0.15, -0.1) is 0 Å². The van der Waals surface area contributed by atoms with Crippen LogP contribution in [-0.4, -0.2) is 45.1 Å². The first kappa shape index (κ1) is 19.7. The number of nitrogens with one attached hydrogen (secondary N) is 2. The molecule has 2 N–H and O–H groups in total. The van der Waals surface area contributed by atoms with Crippen molar-refractivity contribution in [1.29, 1.82) is 0 Å². The molecule has 7 nitrogen and oxygen atoms in total. The summed E-state index contributed by atoms with van der Waals surface area (Å²) in [6, 6.07) is 6.68. The maximum Gasteiger partial charge on any atom is 0.251 e. The number of hydrogen-bond donors (Lipinski definition) is 2. The van der Waals surface area contributed by atoms with Crippen molar-refractivity contribution in [3.05, 3.63) is 29.8 Å². The predicted octanol–water partition coefficient (Wildman–Crippen LogP) is 1.80. The maximum atomic E-state index is 12.2. The van der Waals surface area contributed by atoms with Crippen LogP contribution in [0, 0.1) is 0 Å². The van der Waals surface area contributed by atoms with Gasteiger partial charge in [-0.1, -0.05) is 19.3 Å². The number of hydrogen-bond acceptors (Lipinski definition) is 4. The quantitative estimate of drug-likeness (QED) is 0.797. The minimum absolute atomic E-state index is 0.0579. The molecule has 0 aromatic heterocycles. The zero-order chi connectivity index (χ0) is 19.3. The molecule has 2 amide bonds. The van der Waals surface area contributed by atoms with E-state index in [0.717, 1.165) is 32.1 Å². The fourth-order valence-electron chi connectivity index (χ4n) is 3.65. The molecular formula is C19H27N3O4S. The third kappa shape index (κ3) is 5.22. The number of amides is 2. The Kier molecular flexibility index (Phi) is 6.36. The van der Waals surface area contributed by atoms with Crippen LogP contribution in [-0.2, 0) is 14.8 Å². The summed E-state index contributed by atoms with van der Waals surface area (Å²) >= 11 is 0. The van der Waals surface area contributed by atoms with Crippen molar-refractivity contribution in [2.45, 2.75) is 51.0 Å². The smallest absolute Gasteiger partial charge is 0.251 e. The second kappa shape index (κ2) is 8.73. The van der Waals surface area contributed by atoms with E-state index in [4.69, 9.17) is 0 Å². The lowest BCUT2D eigenvalue weighted by Crippen LogP contribution is -2.42. The second-order valence-corrected chi connectivity index (χ2v) is 9.24. The summed E-state index contributed by atoms with van der Waals surface area (Å²) in [5.74, 6) is -0.362. The molecule has 0 atom stereocenters. The van der Waals surface area contributed by atoms with E-state index in [1.807, 2.05) is 0 Å². The Morgan fingerprint density at radius 1 is 1.00 bits per heavy atom. The Morgan fingerprint density at radius 3 is 2.37 bits per heavy atom. The number of nitrogens with zero attached hydrogens (tertiary/aromatic N) is 1. The average molecular weight is 394 g/mol. The minimum atomic E-state index is -3.27. The molecule has 27 heavy (non-hydrogen) atoms. The van der Waals surface area contributed by atoms with E-state index in [0.29, 0.717) is 24.2 Å². The zero-order valence-electron chi connectivity index (χ0n) is 15.4. The van der Waals surface area contributed by atoms with Crippen molar-refractivity contribution < 1.29 is 18.0 Å². The highest BCUT2D eigenvalue weighted by atomic mass is 32.2. The highest BCUT2D eigenvalue weighted by Crippen LogP contribution is 2.23. The van der Waals surface area contributed by atoms with Gasteiger partial charge in [-0.05, 0) is 49.9 Å². The van der Waals surface area contributed by atoms with Crippen molar-refractivity contribution in [3.63, 3.8) is 0 Å². The van der Waals surface area contributed by atoms with Crippen LogP contribution in [0.25, 0.3) is 0 Å². The van der Waals surface area contributed by atoms with E-state index in [2.05, 4.69) is 10.6 Å². The molecule has 1 aromatic rings. The van der Waals surface area contributed by atoms with Gasteiger partial charge in [-0.3, -0.25) is 13.9 Å². The Hall–Kier alpha value is -2.09. The summed E-state index contributed by atoms with van der Waals surface area (Å²) in [6.07, 6.45) is 7.01. The van der Waals surface area contributed by atoms with Gasteiger partial charge < -0.3 is 10.6 Å². The van der Waals surface area contributed by atoms with Gasteiger partial charge in [0.25, 0.3) is 5.91 Å². The van der Waals surface area contributed by atoms with Gasteiger partial charge in [-0.2, -0.15) is 0 Å². The SMILES string of the molecule is O=C(CNC(=O)c1ccc(N2CCCCS2(=O)=O)cc1)NC1CCCCC1. The maximum absolute atomic E-state index is 12.2. The number of benzene rings is 1. The van der Waals surface area contributed by atoms with E-state index in [1.54, 1.807) is 24.3 Å². The molecule has 1 aliphatic carbocycles. The second-order valence-electron chi connectivity index (χ2n) is 7.23. The number of rotatable bonds is 5. The molecular weight excluding hydrogens is 366 g/mol. The largest absolute Gasteiger partial charge is 0.352 e. The molecule has 1 saturated heterocycles.